The van der Waals surface area contributed by atoms with Crippen molar-refractivity contribution in [2.45, 2.75) is 31.7 Å². The maximum atomic E-state index is 12.4. The van der Waals surface area contributed by atoms with Crippen molar-refractivity contribution in [3.63, 3.8) is 0 Å². The highest BCUT2D eigenvalue weighted by molar-refractivity contribution is 5.82. The summed E-state index contributed by atoms with van der Waals surface area (Å²) in [5.74, 6) is -0.606. The van der Waals surface area contributed by atoms with Gasteiger partial charge >= 0.3 is 5.97 Å². The Morgan fingerprint density at radius 2 is 1.95 bits per heavy atom. The first kappa shape index (κ1) is 14.3. The third kappa shape index (κ3) is 4.18. The smallest absolute Gasteiger partial charge is 0.317 e. The van der Waals surface area contributed by atoms with Crippen LogP contribution in [0.3, 0.4) is 0 Å². The van der Waals surface area contributed by atoms with Crippen molar-refractivity contribution in [3.05, 3.63) is 0 Å². The zero-order valence-corrected chi connectivity index (χ0v) is 11.3. The number of aliphatic carboxylic acids is 1. The van der Waals surface area contributed by atoms with Crippen molar-refractivity contribution in [2.75, 3.05) is 39.3 Å². The number of hydrogen-bond donors (Lipinski definition) is 2. The van der Waals surface area contributed by atoms with Gasteiger partial charge in [-0.15, -0.1) is 0 Å². The van der Waals surface area contributed by atoms with Gasteiger partial charge in [0.15, 0.2) is 0 Å². The van der Waals surface area contributed by atoms with Gasteiger partial charge in [0.25, 0.3) is 0 Å². The lowest BCUT2D eigenvalue weighted by atomic mass is 10.0. The van der Waals surface area contributed by atoms with Crippen LogP contribution in [0.2, 0.25) is 0 Å². The van der Waals surface area contributed by atoms with Crippen molar-refractivity contribution >= 4 is 11.9 Å². The van der Waals surface area contributed by atoms with Gasteiger partial charge in [-0.1, -0.05) is 6.42 Å². The average Bonchev–Trinajstić information content (AvgIpc) is 2.64. The number of amides is 1. The van der Waals surface area contributed by atoms with E-state index in [2.05, 4.69) is 5.32 Å². The van der Waals surface area contributed by atoms with Gasteiger partial charge in [-0.05, 0) is 25.8 Å². The summed E-state index contributed by atoms with van der Waals surface area (Å²) in [4.78, 5) is 26.9. The van der Waals surface area contributed by atoms with Crippen molar-refractivity contribution in [1.29, 1.82) is 0 Å². The Hall–Kier alpha value is -1.14. The highest BCUT2D eigenvalue weighted by atomic mass is 16.4. The first-order valence-electron chi connectivity index (χ1n) is 7.13. The number of carbonyl (C=O) groups excluding carboxylic acids is 1. The van der Waals surface area contributed by atoms with Crippen LogP contribution in [0, 0.1) is 0 Å². The molecule has 1 atom stereocenters. The van der Waals surface area contributed by atoms with Crippen LogP contribution in [0.25, 0.3) is 0 Å². The van der Waals surface area contributed by atoms with Gasteiger partial charge in [-0.3, -0.25) is 14.5 Å². The van der Waals surface area contributed by atoms with Crippen molar-refractivity contribution in [3.8, 4) is 0 Å². The summed E-state index contributed by atoms with van der Waals surface area (Å²) in [6.45, 7) is 3.80. The third-order valence-electron chi connectivity index (χ3n) is 3.87. The fraction of sp³-hybridized carbons (Fsp3) is 0.846. The molecule has 108 valence electrons. The molecule has 0 bridgehead atoms. The third-order valence-corrected chi connectivity index (χ3v) is 3.87. The van der Waals surface area contributed by atoms with E-state index in [4.69, 9.17) is 5.11 Å². The van der Waals surface area contributed by atoms with Crippen molar-refractivity contribution < 1.29 is 14.7 Å². The molecule has 6 nitrogen and oxygen atoms in total. The fourth-order valence-corrected chi connectivity index (χ4v) is 2.82. The molecule has 2 aliphatic rings. The number of carbonyl (C=O) groups is 2. The zero-order valence-electron chi connectivity index (χ0n) is 11.3. The minimum absolute atomic E-state index is 0.0280. The molecule has 2 aliphatic heterocycles. The van der Waals surface area contributed by atoms with E-state index >= 15 is 0 Å². The second-order valence-corrected chi connectivity index (χ2v) is 5.35. The first-order chi connectivity index (χ1) is 9.16. The monoisotopic (exact) mass is 269 g/mol. The summed E-state index contributed by atoms with van der Waals surface area (Å²) in [5.41, 5.74) is 0. The molecule has 0 spiro atoms. The van der Waals surface area contributed by atoms with Gasteiger partial charge in [0.05, 0.1) is 12.6 Å². The van der Waals surface area contributed by atoms with Gasteiger partial charge in [0.2, 0.25) is 5.91 Å². The maximum absolute atomic E-state index is 12.4. The van der Waals surface area contributed by atoms with Crippen LogP contribution < -0.4 is 5.32 Å². The van der Waals surface area contributed by atoms with E-state index in [1.807, 2.05) is 9.80 Å². The Balaban J connectivity index is 1.84. The zero-order chi connectivity index (χ0) is 13.7. The van der Waals surface area contributed by atoms with E-state index in [1.165, 1.54) is 0 Å². The van der Waals surface area contributed by atoms with E-state index in [9.17, 15) is 9.59 Å². The molecule has 0 saturated carbocycles. The number of piperidine rings is 1. The Morgan fingerprint density at radius 3 is 2.63 bits per heavy atom. The van der Waals surface area contributed by atoms with E-state index in [0.29, 0.717) is 13.1 Å². The lowest BCUT2D eigenvalue weighted by Gasteiger charge is -2.29. The largest absolute Gasteiger partial charge is 0.480 e. The van der Waals surface area contributed by atoms with E-state index in [0.717, 1.165) is 45.3 Å². The molecular weight excluding hydrogens is 246 g/mol. The topological polar surface area (TPSA) is 72.9 Å². The SMILES string of the molecule is O=C(O)CN1CCCN(C(=O)C2CCCCN2)CC1. The average molecular weight is 269 g/mol. The standard InChI is InChI=1S/C13H23N3O3/c17-12(18)10-15-6-3-7-16(9-8-15)13(19)11-4-1-2-5-14-11/h11,14H,1-10H2,(H,17,18). The molecule has 2 rings (SSSR count). The maximum Gasteiger partial charge on any atom is 0.317 e. The Morgan fingerprint density at radius 1 is 1.11 bits per heavy atom. The minimum Gasteiger partial charge on any atom is -0.480 e. The van der Waals surface area contributed by atoms with Crippen LogP contribution in [-0.4, -0.2) is 72.1 Å². The lowest BCUT2D eigenvalue weighted by molar-refractivity contribution is -0.138. The van der Waals surface area contributed by atoms with Crippen LogP contribution in [0.1, 0.15) is 25.7 Å². The summed E-state index contributed by atoms with van der Waals surface area (Å²) >= 11 is 0. The van der Waals surface area contributed by atoms with Crippen molar-refractivity contribution in [2.24, 2.45) is 0 Å². The molecule has 19 heavy (non-hydrogen) atoms. The number of rotatable bonds is 3. The number of nitrogens with zero attached hydrogens (tertiary/aromatic N) is 2. The van der Waals surface area contributed by atoms with Gasteiger partial charge < -0.3 is 15.3 Å². The Labute approximate surface area is 113 Å². The summed E-state index contributed by atoms with van der Waals surface area (Å²) < 4.78 is 0. The number of nitrogens with one attached hydrogen (secondary N) is 1. The van der Waals surface area contributed by atoms with Gasteiger partial charge in [-0.25, -0.2) is 0 Å². The normalized spacial score (nSPS) is 25.9. The molecule has 2 fully saturated rings. The predicted octanol–water partition coefficient (Wildman–Crippen LogP) is -0.253. The molecule has 2 saturated heterocycles. The second kappa shape index (κ2) is 6.86. The quantitative estimate of drug-likeness (QED) is 0.739. The predicted molar refractivity (Wildman–Crippen MR) is 70.9 cm³/mol. The molecule has 0 aromatic carbocycles. The Kier molecular flexibility index (Phi) is 5.15. The van der Waals surface area contributed by atoms with E-state index < -0.39 is 5.97 Å². The fourth-order valence-electron chi connectivity index (χ4n) is 2.82. The van der Waals surface area contributed by atoms with Gasteiger partial charge in [0.1, 0.15) is 0 Å². The van der Waals surface area contributed by atoms with Crippen LogP contribution >= 0.6 is 0 Å². The van der Waals surface area contributed by atoms with Crippen LogP contribution in [-0.2, 0) is 9.59 Å². The molecule has 0 aliphatic carbocycles. The second-order valence-electron chi connectivity index (χ2n) is 5.35. The highest BCUT2D eigenvalue weighted by Crippen LogP contribution is 2.12. The van der Waals surface area contributed by atoms with E-state index in [1.54, 1.807) is 0 Å². The summed E-state index contributed by atoms with van der Waals surface area (Å²) in [7, 11) is 0. The first-order valence-corrected chi connectivity index (χ1v) is 7.13. The highest BCUT2D eigenvalue weighted by Gasteiger charge is 2.27. The summed E-state index contributed by atoms with van der Waals surface area (Å²) in [5, 5.41) is 12.1. The molecule has 0 radical (unpaired) electrons. The molecule has 6 heteroatoms. The van der Waals surface area contributed by atoms with Crippen molar-refractivity contribution in [1.82, 2.24) is 15.1 Å². The molecule has 0 aromatic rings. The number of hydrogen-bond acceptors (Lipinski definition) is 4. The van der Waals surface area contributed by atoms with Crippen LogP contribution in [0.15, 0.2) is 0 Å². The summed E-state index contributed by atoms with van der Waals surface area (Å²) in [6.07, 6.45) is 4.04. The van der Waals surface area contributed by atoms with Gasteiger partial charge in [0, 0.05) is 26.2 Å². The molecule has 1 unspecified atom stereocenters. The Bertz CT molecular complexity index is 329. The van der Waals surface area contributed by atoms with Crippen LogP contribution in [0.5, 0.6) is 0 Å². The molecular formula is C13H23N3O3. The van der Waals surface area contributed by atoms with E-state index in [-0.39, 0.29) is 18.5 Å². The molecule has 2 N–H and O–H groups in total. The lowest BCUT2D eigenvalue weighted by Crippen LogP contribution is -2.49. The molecule has 0 aromatic heterocycles. The minimum atomic E-state index is -0.797. The number of carboxylic acids is 1. The summed E-state index contributed by atoms with van der Waals surface area (Å²) in [6, 6.07) is -0.0280. The molecule has 2 heterocycles. The molecule has 1 amide bonds. The number of carboxylic acid groups (broad SMARTS) is 1. The van der Waals surface area contributed by atoms with Gasteiger partial charge in [-0.2, -0.15) is 0 Å². The van der Waals surface area contributed by atoms with Crippen LogP contribution in [0.4, 0.5) is 0 Å².